The molecule has 1 rings (SSSR count). The zero-order valence-corrected chi connectivity index (χ0v) is 8.09. The molecule has 0 aromatic carbocycles. The lowest BCUT2D eigenvalue weighted by atomic mass is 10.0. The third-order valence-electron chi connectivity index (χ3n) is 1.91. The highest BCUT2D eigenvalue weighted by molar-refractivity contribution is 5.29. The zero-order chi connectivity index (χ0) is 9.14. The Morgan fingerprint density at radius 1 is 1.42 bits per heavy atom. The van der Waals surface area contributed by atoms with Gasteiger partial charge in [-0.3, -0.25) is 0 Å². The first-order chi connectivity index (χ1) is 5.65. The summed E-state index contributed by atoms with van der Waals surface area (Å²) in [5.74, 6) is 1.25. The second kappa shape index (κ2) is 3.57. The molecule has 1 aromatic heterocycles. The highest BCUT2D eigenvalue weighted by Crippen LogP contribution is 2.19. The van der Waals surface area contributed by atoms with Crippen molar-refractivity contribution in [3.63, 3.8) is 0 Å². The molecule has 0 saturated heterocycles. The van der Waals surface area contributed by atoms with E-state index in [1.54, 1.807) is 7.11 Å². The summed E-state index contributed by atoms with van der Waals surface area (Å²) >= 11 is 0. The molecule has 0 amide bonds. The summed E-state index contributed by atoms with van der Waals surface area (Å²) in [4.78, 5) is 4.20. The van der Waals surface area contributed by atoms with E-state index in [1.165, 1.54) is 5.56 Å². The molecule has 0 unspecified atom stereocenters. The molecule has 0 aliphatic carbocycles. The molecular weight excluding hydrogens is 150 g/mol. The van der Waals surface area contributed by atoms with E-state index in [9.17, 15) is 0 Å². The number of nitrogens with zero attached hydrogens (tertiary/aromatic N) is 1. The van der Waals surface area contributed by atoms with Crippen molar-refractivity contribution in [3.05, 3.63) is 23.4 Å². The van der Waals surface area contributed by atoms with Crippen molar-refractivity contribution in [2.45, 2.75) is 26.7 Å². The first kappa shape index (κ1) is 9.04. The summed E-state index contributed by atoms with van der Waals surface area (Å²) in [6.45, 7) is 6.32. The first-order valence-electron chi connectivity index (χ1n) is 4.15. The minimum Gasteiger partial charge on any atom is -0.481 e. The van der Waals surface area contributed by atoms with Gasteiger partial charge in [0.2, 0.25) is 5.88 Å². The largest absolute Gasteiger partial charge is 0.481 e. The highest BCUT2D eigenvalue weighted by Gasteiger charge is 2.03. The van der Waals surface area contributed by atoms with Gasteiger partial charge in [0, 0.05) is 11.8 Å². The van der Waals surface area contributed by atoms with Gasteiger partial charge in [0.25, 0.3) is 0 Å². The maximum atomic E-state index is 5.07. The minimum absolute atomic E-state index is 0.530. The second-order valence-corrected chi connectivity index (χ2v) is 3.25. The van der Waals surface area contributed by atoms with Crippen LogP contribution < -0.4 is 4.74 Å². The van der Waals surface area contributed by atoms with Crippen LogP contribution in [0.2, 0.25) is 0 Å². The fraction of sp³-hybridized carbons (Fsp3) is 0.500. The van der Waals surface area contributed by atoms with E-state index < -0.39 is 0 Å². The predicted octanol–water partition coefficient (Wildman–Crippen LogP) is 2.52. The van der Waals surface area contributed by atoms with Crippen LogP contribution in [-0.2, 0) is 0 Å². The fourth-order valence-corrected chi connectivity index (χ4v) is 1.11. The van der Waals surface area contributed by atoms with Gasteiger partial charge in [-0.15, -0.1) is 0 Å². The van der Waals surface area contributed by atoms with Crippen LogP contribution in [0.4, 0.5) is 0 Å². The van der Waals surface area contributed by atoms with E-state index in [0.717, 1.165) is 11.4 Å². The Kier molecular flexibility index (Phi) is 2.69. The van der Waals surface area contributed by atoms with Crippen molar-refractivity contribution < 1.29 is 4.74 Å². The van der Waals surface area contributed by atoms with Crippen LogP contribution >= 0.6 is 0 Å². The van der Waals surface area contributed by atoms with E-state index in [0.29, 0.717) is 5.92 Å². The third kappa shape index (κ3) is 1.76. The highest BCUT2D eigenvalue weighted by atomic mass is 16.5. The lowest BCUT2D eigenvalue weighted by Crippen LogP contribution is -1.95. The Hall–Kier alpha value is -1.05. The van der Waals surface area contributed by atoms with Crippen LogP contribution in [0.3, 0.4) is 0 Å². The molecule has 0 spiro atoms. The Balaban J connectivity index is 3.02. The topological polar surface area (TPSA) is 22.1 Å². The monoisotopic (exact) mass is 165 g/mol. The number of ether oxygens (including phenoxy) is 1. The maximum absolute atomic E-state index is 5.07. The number of rotatable bonds is 2. The smallest absolute Gasteiger partial charge is 0.215 e. The zero-order valence-electron chi connectivity index (χ0n) is 8.09. The van der Waals surface area contributed by atoms with Crippen molar-refractivity contribution >= 4 is 0 Å². The van der Waals surface area contributed by atoms with Crippen LogP contribution in [0, 0.1) is 6.92 Å². The Morgan fingerprint density at radius 3 is 2.50 bits per heavy atom. The maximum Gasteiger partial charge on any atom is 0.215 e. The molecule has 1 aromatic rings. The molecule has 2 heteroatoms. The lowest BCUT2D eigenvalue weighted by molar-refractivity contribution is 0.394. The van der Waals surface area contributed by atoms with E-state index in [2.05, 4.69) is 24.9 Å². The summed E-state index contributed by atoms with van der Waals surface area (Å²) in [5.41, 5.74) is 2.36. The normalized spacial score (nSPS) is 10.4. The third-order valence-corrected chi connectivity index (χ3v) is 1.91. The average Bonchev–Trinajstić information content (AvgIpc) is 2.04. The van der Waals surface area contributed by atoms with E-state index in [4.69, 9.17) is 4.74 Å². The molecule has 66 valence electrons. The molecular formula is C10H15NO. The van der Waals surface area contributed by atoms with Gasteiger partial charge in [0.15, 0.2) is 0 Å². The van der Waals surface area contributed by atoms with Crippen molar-refractivity contribution in [1.82, 2.24) is 4.98 Å². The molecule has 0 aliphatic rings. The molecule has 0 fully saturated rings. The number of hydrogen-bond acceptors (Lipinski definition) is 2. The number of hydrogen-bond donors (Lipinski definition) is 0. The predicted molar refractivity (Wildman–Crippen MR) is 49.6 cm³/mol. The van der Waals surface area contributed by atoms with Crippen LogP contribution in [0.25, 0.3) is 0 Å². The van der Waals surface area contributed by atoms with Gasteiger partial charge >= 0.3 is 0 Å². The summed E-state index contributed by atoms with van der Waals surface area (Å²) < 4.78 is 5.07. The van der Waals surface area contributed by atoms with E-state index in [-0.39, 0.29) is 0 Å². The van der Waals surface area contributed by atoms with Gasteiger partial charge in [-0.2, -0.15) is 0 Å². The van der Waals surface area contributed by atoms with Crippen molar-refractivity contribution in [3.8, 4) is 5.88 Å². The standard InChI is InChI=1S/C10H15NO/c1-7(2)9-5-8(3)10(12-4)11-6-9/h5-7H,1-4H3. The van der Waals surface area contributed by atoms with Gasteiger partial charge in [0.05, 0.1) is 7.11 Å². The second-order valence-electron chi connectivity index (χ2n) is 3.25. The van der Waals surface area contributed by atoms with Crippen molar-refractivity contribution in [1.29, 1.82) is 0 Å². The molecule has 0 bridgehead atoms. The van der Waals surface area contributed by atoms with Crippen molar-refractivity contribution in [2.24, 2.45) is 0 Å². The van der Waals surface area contributed by atoms with Crippen molar-refractivity contribution in [2.75, 3.05) is 7.11 Å². The molecule has 0 saturated carbocycles. The van der Waals surface area contributed by atoms with Crippen LogP contribution in [0.15, 0.2) is 12.3 Å². The van der Waals surface area contributed by atoms with Gasteiger partial charge < -0.3 is 4.74 Å². The molecule has 12 heavy (non-hydrogen) atoms. The van der Waals surface area contributed by atoms with Crippen LogP contribution in [0.5, 0.6) is 5.88 Å². The Morgan fingerprint density at radius 2 is 2.08 bits per heavy atom. The van der Waals surface area contributed by atoms with E-state index >= 15 is 0 Å². The quantitative estimate of drug-likeness (QED) is 0.671. The molecule has 0 aliphatic heterocycles. The first-order valence-corrected chi connectivity index (χ1v) is 4.15. The lowest BCUT2D eigenvalue weighted by Gasteiger charge is -2.08. The van der Waals surface area contributed by atoms with Gasteiger partial charge in [-0.25, -0.2) is 4.98 Å². The fourth-order valence-electron chi connectivity index (χ4n) is 1.11. The number of aromatic nitrogens is 1. The SMILES string of the molecule is COc1ncc(C(C)C)cc1C. The number of pyridine rings is 1. The summed E-state index contributed by atoms with van der Waals surface area (Å²) in [7, 11) is 1.64. The molecule has 0 radical (unpaired) electrons. The van der Waals surface area contributed by atoms with Gasteiger partial charge in [0.1, 0.15) is 0 Å². The summed E-state index contributed by atoms with van der Waals surface area (Å²) in [5, 5.41) is 0. The van der Waals surface area contributed by atoms with Gasteiger partial charge in [-0.05, 0) is 24.5 Å². The Bertz CT molecular complexity index is 269. The molecule has 0 atom stereocenters. The Labute approximate surface area is 73.6 Å². The van der Waals surface area contributed by atoms with E-state index in [1.807, 2.05) is 13.1 Å². The van der Waals surface area contributed by atoms with Gasteiger partial charge in [-0.1, -0.05) is 13.8 Å². The molecule has 2 nitrogen and oxygen atoms in total. The summed E-state index contributed by atoms with van der Waals surface area (Å²) in [6, 6.07) is 2.12. The number of methoxy groups -OCH3 is 1. The van der Waals surface area contributed by atoms with Crippen LogP contribution in [-0.4, -0.2) is 12.1 Å². The number of aryl methyl sites for hydroxylation is 1. The molecule has 0 N–H and O–H groups in total. The van der Waals surface area contributed by atoms with Crippen LogP contribution in [0.1, 0.15) is 30.9 Å². The molecule has 1 heterocycles. The average molecular weight is 165 g/mol. The minimum atomic E-state index is 0.530. The summed E-state index contributed by atoms with van der Waals surface area (Å²) in [6.07, 6.45) is 1.87.